The van der Waals surface area contributed by atoms with Crippen molar-refractivity contribution in [3.63, 3.8) is 0 Å². The first-order valence-electron chi connectivity index (χ1n) is 6.30. The Balaban J connectivity index is 2.55. The van der Waals surface area contributed by atoms with Crippen LogP contribution in [0.4, 0.5) is 14.6 Å². The Bertz CT molecular complexity index is 608. The van der Waals surface area contributed by atoms with Gasteiger partial charge < -0.3 is 15.0 Å². The van der Waals surface area contributed by atoms with Gasteiger partial charge in [-0.2, -0.15) is 8.78 Å². The standard InChI is InChI=1S/C14H17F2N3O/c1-8(2)19-9(3)18-12(13(19)17)10-6-4-5-7-11(10)20-14(15)16/h4-8,14H,17H2,1-3H3. The molecule has 4 nitrogen and oxygen atoms in total. The van der Waals surface area contributed by atoms with Crippen LogP contribution in [0.1, 0.15) is 25.7 Å². The molecule has 0 unspecified atom stereocenters. The molecule has 1 aromatic carbocycles. The lowest BCUT2D eigenvalue weighted by molar-refractivity contribution is -0.0494. The summed E-state index contributed by atoms with van der Waals surface area (Å²) in [5, 5.41) is 0. The van der Waals surface area contributed by atoms with Crippen LogP contribution in [0.3, 0.4) is 0 Å². The minimum atomic E-state index is -2.88. The van der Waals surface area contributed by atoms with Crippen molar-refractivity contribution in [2.45, 2.75) is 33.4 Å². The molecule has 2 rings (SSSR count). The number of nitrogens with zero attached hydrogens (tertiary/aromatic N) is 2. The molecule has 108 valence electrons. The second kappa shape index (κ2) is 5.48. The highest BCUT2D eigenvalue weighted by Gasteiger charge is 2.19. The summed E-state index contributed by atoms with van der Waals surface area (Å²) in [4.78, 5) is 4.38. The van der Waals surface area contributed by atoms with Crippen LogP contribution < -0.4 is 10.5 Å². The lowest BCUT2D eigenvalue weighted by atomic mass is 10.1. The van der Waals surface area contributed by atoms with Gasteiger partial charge in [0.2, 0.25) is 0 Å². The normalized spacial score (nSPS) is 11.3. The van der Waals surface area contributed by atoms with Crippen LogP contribution in [-0.4, -0.2) is 16.2 Å². The zero-order chi connectivity index (χ0) is 14.9. The lowest BCUT2D eigenvalue weighted by Crippen LogP contribution is -2.07. The molecule has 0 aliphatic carbocycles. The van der Waals surface area contributed by atoms with Gasteiger partial charge in [-0.3, -0.25) is 0 Å². The zero-order valence-electron chi connectivity index (χ0n) is 11.6. The van der Waals surface area contributed by atoms with Gasteiger partial charge in [0.25, 0.3) is 0 Å². The van der Waals surface area contributed by atoms with Crippen LogP contribution in [0.25, 0.3) is 11.3 Å². The number of ether oxygens (including phenoxy) is 1. The van der Waals surface area contributed by atoms with Crippen LogP contribution in [0.15, 0.2) is 24.3 Å². The maximum Gasteiger partial charge on any atom is 0.387 e. The van der Waals surface area contributed by atoms with Gasteiger partial charge in [0.1, 0.15) is 23.1 Å². The van der Waals surface area contributed by atoms with Crippen LogP contribution in [0.5, 0.6) is 5.75 Å². The Morgan fingerprint density at radius 2 is 1.90 bits per heavy atom. The molecule has 2 aromatic rings. The predicted octanol–water partition coefficient (Wildman–Crippen LogP) is 3.62. The number of hydrogen-bond acceptors (Lipinski definition) is 3. The van der Waals surface area contributed by atoms with E-state index in [-0.39, 0.29) is 11.8 Å². The summed E-state index contributed by atoms with van der Waals surface area (Å²) in [6, 6.07) is 6.64. The molecule has 0 aliphatic rings. The number of aryl methyl sites for hydroxylation is 1. The SMILES string of the molecule is Cc1nc(-c2ccccc2OC(F)F)c(N)n1C(C)C. The highest BCUT2D eigenvalue weighted by molar-refractivity contribution is 5.76. The topological polar surface area (TPSA) is 53.1 Å². The molecule has 2 N–H and O–H groups in total. The predicted molar refractivity (Wildman–Crippen MR) is 73.8 cm³/mol. The lowest BCUT2D eigenvalue weighted by Gasteiger charge is -2.12. The molecule has 0 bridgehead atoms. The van der Waals surface area contributed by atoms with Gasteiger partial charge in [0.05, 0.1) is 0 Å². The fourth-order valence-corrected chi connectivity index (χ4v) is 2.27. The van der Waals surface area contributed by atoms with E-state index in [2.05, 4.69) is 9.72 Å². The summed E-state index contributed by atoms with van der Waals surface area (Å²) in [5.41, 5.74) is 7.03. The minimum Gasteiger partial charge on any atom is -0.434 e. The van der Waals surface area contributed by atoms with Crippen LogP contribution in [0, 0.1) is 6.92 Å². The van der Waals surface area contributed by atoms with E-state index in [0.29, 0.717) is 17.1 Å². The Labute approximate surface area is 116 Å². The first kappa shape index (κ1) is 14.3. The Kier molecular flexibility index (Phi) is 3.92. The highest BCUT2D eigenvalue weighted by atomic mass is 19.3. The van der Waals surface area contributed by atoms with Crippen LogP contribution in [-0.2, 0) is 0 Å². The molecule has 0 saturated heterocycles. The molecule has 0 saturated carbocycles. The van der Waals surface area contributed by atoms with Crippen molar-refractivity contribution in [3.8, 4) is 17.0 Å². The van der Waals surface area contributed by atoms with E-state index in [9.17, 15) is 8.78 Å². The molecular formula is C14H17F2N3O. The fraction of sp³-hybridized carbons (Fsp3) is 0.357. The van der Waals surface area contributed by atoms with Crippen molar-refractivity contribution in [1.29, 1.82) is 0 Å². The van der Waals surface area contributed by atoms with Crippen molar-refractivity contribution < 1.29 is 13.5 Å². The van der Waals surface area contributed by atoms with Gasteiger partial charge in [-0.05, 0) is 32.9 Å². The third-order valence-electron chi connectivity index (χ3n) is 3.00. The molecule has 1 aromatic heterocycles. The van der Waals surface area contributed by atoms with E-state index in [4.69, 9.17) is 5.73 Å². The number of imidazole rings is 1. The first-order valence-corrected chi connectivity index (χ1v) is 6.30. The quantitative estimate of drug-likeness (QED) is 0.931. The number of nitrogens with two attached hydrogens (primary N) is 1. The average Bonchev–Trinajstić information content (AvgIpc) is 2.64. The Hall–Kier alpha value is -2.11. The van der Waals surface area contributed by atoms with Gasteiger partial charge >= 0.3 is 6.61 Å². The van der Waals surface area contributed by atoms with Crippen LogP contribution in [0.2, 0.25) is 0 Å². The number of hydrogen-bond donors (Lipinski definition) is 1. The van der Waals surface area contributed by atoms with Gasteiger partial charge in [0.15, 0.2) is 0 Å². The molecule has 0 radical (unpaired) electrons. The first-order chi connectivity index (χ1) is 9.41. The third-order valence-corrected chi connectivity index (χ3v) is 3.00. The Morgan fingerprint density at radius 3 is 2.45 bits per heavy atom. The maximum absolute atomic E-state index is 12.5. The molecular weight excluding hydrogens is 264 g/mol. The summed E-state index contributed by atoms with van der Waals surface area (Å²) in [6.07, 6.45) is 0. The number of para-hydroxylation sites is 1. The average molecular weight is 281 g/mol. The van der Waals surface area contributed by atoms with E-state index in [1.807, 2.05) is 25.3 Å². The molecule has 1 heterocycles. The number of anilines is 1. The molecule has 0 atom stereocenters. The summed E-state index contributed by atoms with van der Waals surface area (Å²) >= 11 is 0. The van der Waals surface area contributed by atoms with Crippen LogP contribution >= 0.6 is 0 Å². The monoisotopic (exact) mass is 281 g/mol. The number of nitrogen functional groups attached to an aromatic ring is 1. The third kappa shape index (κ3) is 2.59. The van der Waals surface area contributed by atoms with Gasteiger partial charge in [-0.15, -0.1) is 0 Å². The fourth-order valence-electron chi connectivity index (χ4n) is 2.27. The van der Waals surface area contributed by atoms with Gasteiger partial charge in [-0.25, -0.2) is 4.98 Å². The highest BCUT2D eigenvalue weighted by Crippen LogP contribution is 2.35. The van der Waals surface area contributed by atoms with Crippen molar-refractivity contribution in [1.82, 2.24) is 9.55 Å². The van der Waals surface area contributed by atoms with Gasteiger partial charge in [0, 0.05) is 11.6 Å². The Morgan fingerprint density at radius 1 is 1.25 bits per heavy atom. The van der Waals surface area contributed by atoms with Crippen molar-refractivity contribution in [3.05, 3.63) is 30.1 Å². The number of benzene rings is 1. The summed E-state index contributed by atoms with van der Waals surface area (Å²) in [6.45, 7) is 2.91. The smallest absolute Gasteiger partial charge is 0.387 e. The molecule has 0 amide bonds. The number of rotatable bonds is 4. The van der Waals surface area contributed by atoms with E-state index in [0.717, 1.165) is 5.82 Å². The van der Waals surface area contributed by atoms with E-state index < -0.39 is 6.61 Å². The number of aromatic nitrogens is 2. The molecule has 0 spiro atoms. The summed E-state index contributed by atoms with van der Waals surface area (Å²) < 4.78 is 31.3. The minimum absolute atomic E-state index is 0.0719. The number of halogens is 2. The van der Waals surface area contributed by atoms with Crippen molar-refractivity contribution in [2.24, 2.45) is 0 Å². The summed E-state index contributed by atoms with van der Waals surface area (Å²) in [5.74, 6) is 1.25. The van der Waals surface area contributed by atoms with E-state index in [1.165, 1.54) is 6.07 Å². The molecule has 6 heteroatoms. The van der Waals surface area contributed by atoms with E-state index >= 15 is 0 Å². The second-order valence-corrected chi connectivity index (χ2v) is 4.73. The zero-order valence-corrected chi connectivity index (χ0v) is 11.6. The molecule has 20 heavy (non-hydrogen) atoms. The van der Waals surface area contributed by atoms with Gasteiger partial charge in [-0.1, -0.05) is 12.1 Å². The summed E-state index contributed by atoms with van der Waals surface area (Å²) in [7, 11) is 0. The number of alkyl halides is 2. The van der Waals surface area contributed by atoms with Crippen molar-refractivity contribution in [2.75, 3.05) is 5.73 Å². The second-order valence-electron chi connectivity index (χ2n) is 4.73. The largest absolute Gasteiger partial charge is 0.434 e. The van der Waals surface area contributed by atoms with Crippen molar-refractivity contribution >= 4 is 5.82 Å². The molecule has 0 fully saturated rings. The maximum atomic E-state index is 12.5. The van der Waals surface area contributed by atoms with E-state index in [1.54, 1.807) is 18.2 Å². The molecule has 0 aliphatic heterocycles.